The molecule has 0 bridgehead atoms. The SMILES string of the molecule is CNc1ccc(F)cc1OC(C)C. The molecule has 0 aliphatic carbocycles. The topological polar surface area (TPSA) is 21.3 Å². The van der Waals surface area contributed by atoms with E-state index < -0.39 is 0 Å². The van der Waals surface area contributed by atoms with Gasteiger partial charge in [0.1, 0.15) is 11.6 Å². The van der Waals surface area contributed by atoms with Crippen molar-refractivity contribution in [1.29, 1.82) is 0 Å². The maximum Gasteiger partial charge on any atom is 0.145 e. The van der Waals surface area contributed by atoms with Gasteiger partial charge >= 0.3 is 0 Å². The van der Waals surface area contributed by atoms with Crippen molar-refractivity contribution in [3.8, 4) is 5.75 Å². The molecule has 1 rings (SSSR count). The molecule has 72 valence electrons. The quantitative estimate of drug-likeness (QED) is 0.777. The van der Waals surface area contributed by atoms with Crippen molar-refractivity contribution in [2.75, 3.05) is 12.4 Å². The van der Waals surface area contributed by atoms with E-state index in [2.05, 4.69) is 5.32 Å². The minimum Gasteiger partial charge on any atom is -0.489 e. The van der Waals surface area contributed by atoms with Crippen LogP contribution in [0.5, 0.6) is 5.75 Å². The van der Waals surface area contributed by atoms with Gasteiger partial charge in [0, 0.05) is 13.1 Å². The molecule has 3 heteroatoms. The highest BCUT2D eigenvalue weighted by atomic mass is 19.1. The van der Waals surface area contributed by atoms with Crippen LogP contribution in [0.2, 0.25) is 0 Å². The zero-order valence-corrected chi connectivity index (χ0v) is 8.10. The highest BCUT2D eigenvalue weighted by molar-refractivity contribution is 5.55. The molecule has 1 aromatic rings. The smallest absolute Gasteiger partial charge is 0.145 e. The molecule has 0 aliphatic heterocycles. The van der Waals surface area contributed by atoms with Crippen molar-refractivity contribution in [3.63, 3.8) is 0 Å². The third kappa shape index (κ3) is 2.61. The minimum atomic E-state index is -0.283. The summed E-state index contributed by atoms with van der Waals surface area (Å²) in [5.74, 6) is 0.271. The van der Waals surface area contributed by atoms with Crippen LogP contribution in [-0.4, -0.2) is 13.2 Å². The van der Waals surface area contributed by atoms with E-state index in [1.54, 1.807) is 13.1 Å². The van der Waals surface area contributed by atoms with Crippen LogP contribution in [-0.2, 0) is 0 Å². The van der Waals surface area contributed by atoms with Crippen LogP contribution in [0, 0.1) is 5.82 Å². The van der Waals surface area contributed by atoms with Gasteiger partial charge in [0.05, 0.1) is 11.8 Å². The van der Waals surface area contributed by atoms with Gasteiger partial charge in [-0.15, -0.1) is 0 Å². The highest BCUT2D eigenvalue weighted by Gasteiger charge is 2.05. The summed E-state index contributed by atoms with van der Waals surface area (Å²) in [7, 11) is 1.78. The number of benzene rings is 1. The molecule has 0 atom stereocenters. The lowest BCUT2D eigenvalue weighted by Gasteiger charge is -2.13. The van der Waals surface area contributed by atoms with Crippen molar-refractivity contribution in [2.24, 2.45) is 0 Å². The molecule has 0 radical (unpaired) electrons. The molecule has 0 spiro atoms. The first-order valence-electron chi connectivity index (χ1n) is 4.27. The predicted octanol–water partition coefficient (Wildman–Crippen LogP) is 2.65. The summed E-state index contributed by atoms with van der Waals surface area (Å²) in [5, 5.41) is 2.94. The highest BCUT2D eigenvalue weighted by Crippen LogP contribution is 2.25. The summed E-state index contributed by atoms with van der Waals surface area (Å²) in [6.45, 7) is 3.81. The largest absolute Gasteiger partial charge is 0.489 e. The Morgan fingerprint density at radius 1 is 1.38 bits per heavy atom. The molecular weight excluding hydrogens is 169 g/mol. The fourth-order valence-electron chi connectivity index (χ4n) is 1.05. The molecule has 1 N–H and O–H groups in total. The lowest BCUT2D eigenvalue weighted by atomic mass is 10.3. The van der Waals surface area contributed by atoms with Crippen LogP contribution in [0.25, 0.3) is 0 Å². The van der Waals surface area contributed by atoms with E-state index in [-0.39, 0.29) is 11.9 Å². The zero-order chi connectivity index (χ0) is 9.84. The van der Waals surface area contributed by atoms with Gasteiger partial charge in [-0.1, -0.05) is 0 Å². The number of rotatable bonds is 3. The maximum atomic E-state index is 12.8. The van der Waals surface area contributed by atoms with Gasteiger partial charge in [0.25, 0.3) is 0 Å². The van der Waals surface area contributed by atoms with Crippen molar-refractivity contribution in [1.82, 2.24) is 0 Å². The molecule has 13 heavy (non-hydrogen) atoms. The van der Waals surface area contributed by atoms with E-state index in [0.29, 0.717) is 5.75 Å². The lowest BCUT2D eigenvalue weighted by Crippen LogP contribution is -2.07. The Labute approximate surface area is 77.7 Å². The number of hydrogen-bond donors (Lipinski definition) is 1. The Balaban J connectivity index is 2.94. The van der Waals surface area contributed by atoms with Crippen molar-refractivity contribution in [2.45, 2.75) is 20.0 Å². The van der Waals surface area contributed by atoms with E-state index in [1.807, 2.05) is 13.8 Å². The van der Waals surface area contributed by atoms with Crippen LogP contribution in [0.15, 0.2) is 18.2 Å². The number of anilines is 1. The van der Waals surface area contributed by atoms with E-state index in [1.165, 1.54) is 12.1 Å². The summed E-state index contributed by atoms with van der Waals surface area (Å²) in [6.07, 6.45) is 0.0499. The van der Waals surface area contributed by atoms with E-state index >= 15 is 0 Å². The van der Waals surface area contributed by atoms with E-state index in [4.69, 9.17) is 4.74 Å². The Hall–Kier alpha value is -1.25. The summed E-state index contributed by atoms with van der Waals surface area (Å²) in [6, 6.07) is 4.44. The molecule has 0 saturated carbocycles. The van der Waals surface area contributed by atoms with Crippen LogP contribution >= 0.6 is 0 Å². The van der Waals surface area contributed by atoms with Gasteiger partial charge < -0.3 is 10.1 Å². The first-order valence-corrected chi connectivity index (χ1v) is 4.27. The summed E-state index contributed by atoms with van der Waals surface area (Å²) < 4.78 is 18.2. The normalized spacial score (nSPS) is 10.2. The maximum absolute atomic E-state index is 12.8. The van der Waals surface area contributed by atoms with Crippen LogP contribution in [0.3, 0.4) is 0 Å². The van der Waals surface area contributed by atoms with Crippen LogP contribution < -0.4 is 10.1 Å². The fourth-order valence-corrected chi connectivity index (χ4v) is 1.05. The molecule has 0 fully saturated rings. The van der Waals surface area contributed by atoms with Gasteiger partial charge in [-0.05, 0) is 26.0 Å². The number of nitrogens with one attached hydrogen (secondary N) is 1. The Morgan fingerprint density at radius 3 is 2.62 bits per heavy atom. The number of halogens is 1. The van der Waals surface area contributed by atoms with E-state index in [9.17, 15) is 4.39 Å². The second-order valence-corrected chi connectivity index (χ2v) is 3.06. The van der Waals surface area contributed by atoms with Crippen molar-refractivity contribution < 1.29 is 9.13 Å². The van der Waals surface area contributed by atoms with Gasteiger partial charge in [-0.2, -0.15) is 0 Å². The van der Waals surface area contributed by atoms with E-state index in [0.717, 1.165) is 5.69 Å². The average molecular weight is 183 g/mol. The molecule has 1 aromatic carbocycles. The first-order chi connectivity index (χ1) is 6.13. The molecule has 0 saturated heterocycles. The van der Waals surface area contributed by atoms with Gasteiger partial charge in [0.15, 0.2) is 0 Å². The predicted molar refractivity (Wildman–Crippen MR) is 51.7 cm³/mol. The third-order valence-corrected chi connectivity index (χ3v) is 1.58. The monoisotopic (exact) mass is 183 g/mol. The molecule has 0 amide bonds. The average Bonchev–Trinajstić information content (AvgIpc) is 2.03. The molecule has 0 aromatic heterocycles. The van der Waals surface area contributed by atoms with Gasteiger partial charge in [-0.3, -0.25) is 0 Å². The van der Waals surface area contributed by atoms with Crippen molar-refractivity contribution >= 4 is 5.69 Å². The second-order valence-electron chi connectivity index (χ2n) is 3.06. The summed E-state index contributed by atoms with van der Waals surface area (Å²) >= 11 is 0. The Bertz CT molecular complexity index is 286. The van der Waals surface area contributed by atoms with Gasteiger partial charge in [-0.25, -0.2) is 4.39 Å². The lowest BCUT2D eigenvalue weighted by molar-refractivity contribution is 0.242. The fraction of sp³-hybridized carbons (Fsp3) is 0.400. The molecular formula is C10H14FNO. The first kappa shape index (κ1) is 9.84. The number of hydrogen-bond acceptors (Lipinski definition) is 2. The van der Waals surface area contributed by atoms with Crippen LogP contribution in [0.1, 0.15) is 13.8 Å². The summed E-state index contributed by atoms with van der Waals surface area (Å²) in [5.41, 5.74) is 0.801. The third-order valence-electron chi connectivity index (χ3n) is 1.58. The van der Waals surface area contributed by atoms with Gasteiger partial charge in [0.2, 0.25) is 0 Å². The van der Waals surface area contributed by atoms with Crippen LogP contribution in [0.4, 0.5) is 10.1 Å². The standard InChI is InChI=1S/C10H14FNO/c1-7(2)13-10-6-8(11)4-5-9(10)12-3/h4-7,12H,1-3H3. The van der Waals surface area contributed by atoms with Crippen molar-refractivity contribution in [3.05, 3.63) is 24.0 Å². The molecule has 2 nitrogen and oxygen atoms in total. The Morgan fingerprint density at radius 2 is 2.08 bits per heavy atom. The zero-order valence-electron chi connectivity index (χ0n) is 8.10. The minimum absolute atomic E-state index is 0.0499. The Kier molecular flexibility index (Phi) is 3.12. The number of ether oxygens (including phenoxy) is 1. The summed E-state index contributed by atoms with van der Waals surface area (Å²) in [4.78, 5) is 0. The molecule has 0 aliphatic rings. The molecule has 0 heterocycles. The second kappa shape index (κ2) is 4.12. The molecule has 0 unspecified atom stereocenters.